The van der Waals surface area contributed by atoms with Gasteiger partial charge >= 0.3 is 0 Å². The van der Waals surface area contributed by atoms with Crippen LogP contribution in [0.5, 0.6) is 0 Å². The summed E-state index contributed by atoms with van der Waals surface area (Å²) in [6, 6.07) is 1.76. The fourth-order valence-electron chi connectivity index (χ4n) is 4.31. The maximum Gasteiger partial charge on any atom is 0.271 e. The van der Waals surface area contributed by atoms with Gasteiger partial charge in [-0.2, -0.15) is 5.10 Å². The van der Waals surface area contributed by atoms with E-state index in [9.17, 15) is 9.59 Å². The Hall–Kier alpha value is -2.11. The third kappa shape index (κ3) is 3.29. The van der Waals surface area contributed by atoms with E-state index >= 15 is 0 Å². The molecule has 3 aliphatic rings. The molecule has 1 aliphatic heterocycles. The van der Waals surface area contributed by atoms with Crippen molar-refractivity contribution < 1.29 is 9.59 Å². The standard InChI is InChI=1S/C20H28N4O2/c1-2-23-12-9-16(22-23)19(26)21-14-20-10-4-3-5-17(20)24(13-15-6-7-15)18(25)8-11-20/h5,9,12,15H,2-4,6-8,10-11,13-14H2,1H3,(H,21,26). The van der Waals surface area contributed by atoms with Crippen molar-refractivity contribution in [1.29, 1.82) is 0 Å². The van der Waals surface area contributed by atoms with E-state index in [4.69, 9.17) is 0 Å². The minimum absolute atomic E-state index is 0.0932. The number of allylic oxidation sites excluding steroid dienone is 1. The molecule has 6 heteroatoms. The highest BCUT2D eigenvalue weighted by Gasteiger charge is 2.45. The SMILES string of the molecule is CCn1ccc(C(=O)NCC23CCCC=C2N(CC2CC2)C(=O)CC3)n1. The van der Waals surface area contributed by atoms with Gasteiger partial charge in [0.15, 0.2) is 0 Å². The quantitative estimate of drug-likeness (QED) is 0.852. The maximum atomic E-state index is 12.5. The van der Waals surface area contributed by atoms with Crippen LogP contribution in [0.1, 0.15) is 62.4 Å². The average molecular weight is 356 g/mol. The van der Waals surface area contributed by atoms with Gasteiger partial charge in [0.1, 0.15) is 5.69 Å². The van der Waals surface area contributed by atoms with E-state index in [1.165, 1.54) is 18.5 Å². The van der Waals surface area contributed by atoms with Crippen molar-refractivity contribution in [2.75, 3.05) is 13.1 Å². The van der Waals surface area contributed by atoms with Crippen molar-refractivity contribution in [1.82, 2.24) is 20.0 Å². The molecule has 1 aromatic heterocycles. The minimum Gasteiger partial charge on any atom is -0.350 e. The number of rotatable bonds is 6. The summed E-state index contributed by atoms with van der Waals surface area (Å²) in [5.41, 5.74) is 1.54. The van der Waals surface area contributed by atoms with Gasteiger partial charge in [0.2, 0.25) is 5.91 Å². The third-order valence-electron chi connectivity index (χ3n) is 6.07. The third-order valence-corrected chi connectivity index (χ3v) is 6.07. The van der Waals surface area contributed by atoms with E-state index in [-0.39, 0.29) is 17.2 Å². The number of piperidine rings is 1. The number of aromatic nitrogens is 2. The summed E-state index contributed by atoms with van der Waals surface area (Å²) in [7, 11) is 0. The molecule has 2 heterocycles. The van der Waals surface area contributed by atoms with Gasteiger partial charge in [0.25, 0.3) is 5.91 Å². The van der Waals surface area contributed by atoms with E-state index < -0.39 is 0 Å². The molecule has 0 radical (unpaired) electrons. The molecule has 1 unspecified atom stereocenters. The van der Waals surface area contributed by atoms with E-state index in [1.54, 1.807) is 10.7 Å². The first-order valence-corrected chi connectivity index (χ1v) is 9.94. The van der Waals surface area contributed by atoms with Crippen LogP contribution in [0.3, 0.4) is 0 Å². The molecular weight excluding hydrogens is 328 g/mol. The van der Waals surface area contributed by atoms with Crippen molar-refractivity contribution in [2.24, 2.45) is 11.3 Å². The number of amides is 2. The van der Waals surface area contributed by atoms with Crippen LogP contribution in [0.15, 0.2) is 24.0 Å². The molecular formula is C20H28N4O2. The van der Waals surface area contributed by atoms with Crippen LogP contribution in [0, 0.1) is 11.3 Å². The Labute approximate surface area is 154 Å². The number of hydrogen-bond donors (Lipinski definition) is 1. The Bertz CT molecular complexity index is 734. The van der Waals surface area contributed by atoms with Gasteiger partial charge in [-0.25, -0.2) is 0 Å². The lowest BCUT2D eigenvalue weighted by Gasteiger charge is -2.47. The topological polar surface area (TPSA) is 67.2 Å². The Morgan fingerprint density at radius 3 is 2.96 bits per heavy atom. The number of hydrogen-bond acceptors (Lipinski definition) is 3. The Balaban J connectivity index is 1.49. The van der Waals surface area contributed by atoms with Crippen molar-refractivity contribution in [3.63, 3.8) is 0 Å². The largest absolute Gasteiger partial charge is 0.350 e. The second-order valence-electron chi connectivity index (χ2n) is 7.95. The molecule has 1 saturated heterocycles. The second-order valence-corrected chi connectivity index (χ2v) is 7.95. The summed E-state index contributed by atoms with van der Waals surface area (Å²) < 4.78 is 1.76. The van der Waals surface area contributed by atoms with E-state index in [0.29, 0.717) is 24.6 Å². The van der Waals surface area contributed by atoms with E-state index in [1.807, 2.05) is 18.0 Å². The summed E-state index contributed by atoms with van der Waals surface area (Å²) in [6.07, 6.45) is 11.2. The highest BCUT2D eigenvalue weighted by molar-refractivity contribution is 5.92. The molecule has 0 spiro atoms. The summed E-state index contributed by atoms with van der Waals surface area (Å²) in [4.78, 5) is 27.1. The van der Waals surface area contributed by atoms with Gasteiger partial charge < -0.3 is 10.2 Å². The Morgan fingerprint density at radius 2 is 2.23 bits per heavy atom. The molecule has 1 N–H and O–H groups in total. The van der Waals surface area contributed by atoms with Gasteiger partial charge in [-0.1, -0.05) is 6.08 Å². The van der Waals surface area contributed by atoms with Crippen molar-refractivity contribution in [3.05, 3.63) is 29.7 Å². The molecule has 2 amide bonds. The first-order chi connectivity index (χ1) is 12.6. The smallest absolute Gasteiger partial charge is 0.271 e. The number of carbonyl (C=O) groups is 2. The van der Waals surface area contributed by atoms with Crippen molar-refractivity contribution in [2.45, 2.75) is 58.4 Å². The number of likely N-dealkylation sites (tertiary alicyclic amines) is 1. The average Bonchev–Trinajstić information content (AvgIpc) is 3.35. The van der Waals surface area contributed by atoms with E-state index in [0.717, 1.165) is 38.8 Å². The van der Waals surface area contributed by atoms with Crippen LogP contribution >= 0.6 is 0 Å². The maximum absolute atomic E-state index is 12.5. The molecule has 4 rings (SSSR count). The highest BCUT2D eigenvalue weighted by atomic mass is 16.2. The van der Waals surface area contributed by atoms with Crippen LogP contribution < -0.4 is 5.32 Å². The van der Waals surface area contributed by atoms with Crippen molar-refractivity contribution >= 4 is 11.8 Å². The lowest BCUT2D eigenvalue weighted by Crippen LogP contribution is -2.51. The van der Waals surface area contributed by atoms with Gasteiger partial charge in [0, 0.05) is 43.4 Å². The predicted molar refractivity (Wildman–Crippen MR) is 98.3 cm³/mol. The molecule has 140 valence electrons. The van der Waals surface area contributed by atoms with Crippen LogP contribution in [-0.4, -0.2) is 39.6 Å². The first kappa shape index (κ1) is 17.3. The normalized spacial score (nSPS) is 25.7. The molecule has 0 bridgehead atoms. The molecule has 1 atom stereocenters. The summed E-state index contributed by atoms with van der Waals surface area (Å²) >= 11 is 0. The number of carbonyl (C=O) groups excluding carboxylic acids is 2. The van der Waals surface area contributed by atoms with E-state index in [2.05, 4.69) is 16.5 Å². The monoisotopic (exact) mass is 356 g/mol. The van der Waals surface area contributed by atoms with Crippen LogP contribution in [-0.2, 0) is 11.3 Å². The molecule has 6 nitrogen and oxygen atoms in total. The molecule has 1 aromatic rings. The fourth-order valence-corrected chi connectivity index (χ4v) is 4.31. The van der Waals surface area contributed by atoms with Gasteiger partial charge in [-0.05, 0) is 57.4 Å². The molecule has 26 heavy (non-hydrogen) atoms. The summed E-state index contributed by atoms with van der Waals surface area (Å²) in [5, 5.41) is 7.40. The molecule has 0 aromatic carbocycles. The molecule has 2 aliphatic carbocycles. The molecule has 2 fully saturated rings. The number of nitrogens with one attached hydrogen (secondary N) is 1. The Morgan fingerprint density at radius 1 is 1.38 bits per heavy atom. The summed E-state index contributed by atoms with van der Waals surface area (Å²) in [5.74, 6) is 0.806. The van der Waals surface area contributed by atoms with Crippen LogP contribution in [0.2, 0.25) is 0 Å². The molecule has 1 saturated carbocycles. The lowest BCUT2D eigenvalue weighted by molar-refractivity contribution is -0.134. The van der Waals surface area contributed by atoms with Gasteiger partial charge in [-0.3, -0.25) is 14.3 Å². The fraction of sp³-hybridized carbons (Fsp3) is 0.650. The van der Waals surface area contributed by atoms with Gasteiger partial charge in [-0.15, -0.1) is 0 Å². The number of nitrogens with zero attached hydrogens (tertiary/aromatic N) is 3. The second kappa shape index (κ2) is 6.89. The zero-order valence-electron chi connectivity index (χ0n) is 15.5. The summed E-state index contributed by atoms with van der Waals surface area (Å²) in [6.45, 7) is 4.20. The predicted octanol–water partition coefficient (Wildman–Crippen LogP) is 2.72. The van der Waals surface area contributed by atoms with Crippen LogP contribution in [0.25, 0.3) is 0 Å². The van der Waals surface area contributed by atoms with Crippen LogP contribution in [0.4, 0.5) is 0 Å². The zero-order valence-corrected chi connectivity index (χ0v) is 15.5. The highest BCUT2D eigenvalue weighted by Crippen LogP contribution is 2.47. The lowest BCUT2D eigenvalue weighted by atomic mass is 9.69. The Kier molecular flexibility index (Phi) is 4.59. The first-order valence-electron chi connectivity index (χ1n) is 9.94. The van der Waals surface area contributed by atoms with Gasteiger partial charge in [0.05, 0.1) is 0 Å². The minimum atomic E-state index is -0.123. The number of aryl methyl sites for hydroxylation is 1. The van der Waals surface area contributed by atoms with Crippen molar-refractivity contribution in [3.8, 4) is 0 Å². The zero-order chi connectivity index (χ0) is 18.1. The number of fused-ring (bicyclic) bond motifs is 1.